The Balaban J connectivity index is 1.82. The number of amides is 1. The molecule has 0 atom stereocenters. The van der Waals surface area contributed by atoms with E-state index in [0.717, 1.165) is 24.1 Å². The molecule has 1 N–H and O–H groups in total. The van der Waals surface area contributed by atoms with Gasteiger partial charge in [0.05, 0.1) is 17.4 Å². The van der Waals surface area contributed by atoms with E-state index in [1.807, 2.05) is 35.8 Å². The van der Waals surface area contributed by atoms with E-state index in [4.69, 9.17) is 4.74 Å². The molecule has 0 aliphatic heterocycles. The third-order valence-electron chi connectivity index (χ3n) is 2.83. The highest BCUT2D eigenvalue weighted by Gasteiger charge is 2.05. The molecule has 5 nitrogen and oxygen atoms in total. The van der Waals surface area contributed by atoms with Gasteiger partial charge in [0.1, 0.15) is 6.54 Å². The molecule has 1 amide bonds. The second-order valence-electron chi connectivity index (χ2n) is 4.26. The summed E-state index contributed by atoms with van der Waals surface area (Å²) in [5.74, 6) is -0.000323. The third-order valence-corrected chi connectivity index (χ3v) is 2.83. The van der Waals surface area contributed by atoms with Gasteiger partial charge in [0.15, 0.2) is 0 Å². The van der Waals surface area contributed by atoms with Crippen molar-refractivity contribution >= 4 is 16.9 Å². The second-order valence-corrected chi connectivity index (χ2v) is 4.26. The van der Waals surface area contributed by atoms with Crippen LogP contribution in [0.2, 0.25) is 0 Å². The van der Waals surface area contributed by atoms with Crippen LogP contribution in [0.15, 0.2) is 30.6 Å². The number of hydrogen-bond acceptors (Lipinski definition) is 3. The summed E-state index contributed by atoms with van der Waals surface area (Å²) in [7, 11) is 0. The number of fused-ring (bicyclic) bond motifs is 1. The van der Waals surface area contributed by atoms with Gasteiger partial charge < -0.3 is 14.6 Å². The van der Waals surface area contributed by atoms with Crippen LogP contribution in [-0.2, 0) is 16.1 Å². The van der Waals surface area contributed by atoms with Crippen molar-refractivity contribution < 1.29 is 9.53 Å². The van der Waals surface area contributed by atoms with Crippen LogP contribution in [0, 0.1) is 0 Å². The lowest BCUT2D eigenvalue weighted by Gasteiger charge is -2.06. The second kappa shape index (κ2) is 6.89. The number of ether oxygens (including phenoxy) is 1. The molecule has 1 aromatic heterocycles. The predicted octanol–water partition coefficient (Wildman–Crippen LogP) is 1.58. The Morgan fingerprint density at radius 1 is 1.42 bits per heavy atom. The molecule has 0 bridgehead atoms. The lowest BCUT2D eigenvalue weighted by atomic mass is 10.3. The largest absolute Gasteiger partial charge is 0.382 e. The monoisotopic (exact) mass is 261 g/mol. The molecule has 5 heteroatoms. The maximum atomic E-state index is 11.8. The van der Waals surface area contributed by atoms with E-state index in [1.165, 1.54) is 0 Å². The van der Waals surface area contributed by atoms with Gasteiger partial charge in [0, 0.05) is 19.8 Å². The Labute approximate surface area is 112 Å². The number of nitrogens with one attached hydrogen (secondary N) is 1. The Bertz CT molecular complexity index is 536. The Morgan fingerprint density at radius 3 is 3.11 bits per heavy atom. The molecule has 0 saturated heterocycles. The maximum Gasteiger partial charge on any atom is 0.239 e. The lowest BCUT2D eigenvalue weighted by molar-refractivity contribution is -0.121. The van der Waals surface area contributed by atoms with Gasteiger partial charge >= 0.3 is 0 Å². The Morgan fingerprint density at radius 2 is 2.26 bits per heavy atom. The number of nitrogens with zero attached hydrogens (tertiary/aromatic N) is 2. The van der Waals surface area contributed by atoms with Crippen molar-refractivity contribution in [3.63, 3.8) is 0 Å². The topological polar surface area (TPSA) is 56.1 Å². The number of rotatable bonds is 7. The van der Waals surface area contributed by atoms with Crippen molar-refractivity contribution in [2.45, 2.75) is 19.9 Å². The molecule has 0 spiro atoms. The number of aromatic nitrogens is 2. The molecule has 0 aliphatic rings. The fourth-order valence-electron chi connectivity index (χ4n) is 1.89. The average Bonchev–Trinajstić information content (AvgIpc) is 2.82. The summed E-state index contributed by atoms with van der Waals surface area (Å²) >= 11 is 0. The number of carbonyl (C=O) groups excluding carboxylic acids is 1. The number of carbonyl (C=O) groups is 1. The molecule has 2 rings (SSSR count). The van der Waals surface area contributed by atoms with Gasteiger partial charge in [-0.2, -0.15) is 0 Å². The van der Waals surface area contributed by atoms with Crippen molar-refractivity contribution in [2.75, 3.05) is 19.8 Å². The fraction of sp³-hybridized carbons (Fsp3) is 0.429. The number of imidazole rings is 1. The smallest absolute Gasteiger partial charge is 0.239 e. The molecule has 1 aromatic carbocycles. The van der Waals surface area contributed by atoms with E-state index in [1.54, 1.807) is 6.33 Å². The van der Waals surface area contributed by atoms with Crippen LogP contribution in [0.4, 0.5) is 0 Å². The zero-order valence-electron chi connectivity index (χ0n) is 11.1. The van der Waals surface area contributed by atoms with Gasteiger partial charge in [-0.05, 0) is 25.5 Å². The van der Waals surface area contributed by atoms with Crippen molar-refractivity contribution in [1.82, 2.24) is 14.9 Å². The highest BCUT2D eigenvalue weighted by molar-refractivity contribution is 5.80. The molecular weight excluding hydrogens is 242 g/mol. The van der Waals surface area contributed by atoms with Gasteiger partial charge in [0.25, 0.3) is 0 Å². The molecular formula is C14H19N3O2. The molecule has 0 fully saturated rings. The number of hydrogen-bond donors (Lipinski definition) is 1. The molecule has 0 saturated carbocycles. The van der Waals surface area contributed by atoms with Gasteiger partial charge in [-0.3, -0.25) is 4.79 Å². The van der Waals surface area contributed by atoms with E-state index in [2.05, 4.69) is 10.3 Å². The summed E-state index contributed by atoms with van der Waals surface area (Å²) in [5, 5.41) is 2.88. The lowest BCUT2D eigenvalue weighted by Crippen LogP contribution is -2.28. The number of para-hydroxylation sites is 2. The van der Waals surface area contributed by atoms with Crippen LogP contribution in [0.3, 0.4) is 0 Å². The summed E-state index contributed by atoms with van der Waals surface area (Å²) < 4.78 is 7.07. The zero-order chi connectivity index (χ0) is 13.5. The van der Waals surface area contributed by atoms with E-state index >= 15 is 0 Å². The van der Waals surface area contributed by atoms with E-state index in [-0.39, 0.29) is 5.91 Å². The van der Waals surface area contributed by atoms with Crippen LogP contribution >= 0.6 is 0 Å². The quantitative estimate of drug-likeness (QED) is 0.770. The van der Waals surface area contributed by atoms with E-state index in [9.17, 15) is 4.79 Å². The third kappa shape index (κ3) is 3.79. The summed E-state index contributed by atoms with van der Waals surface area (Å²) in [6, 6.07) is 7.78. The zero-order valence-corrected chi connectivity index (χ0v) is 11.1. The fourth-order valence-corrected chi connectivity index (χ4v) is 1.89. The van der Waals surface area contributed by atoms with Crippen LogP contribution in [0.5, 0.6) is 0 Å². The van der Waals surface area contributed by atoms with Crippen molar-refractivity contribution in [1.29, 1.82) is 0 Å². The SMILES string of the molecule is CCOCCCNC(=O)Cn1cnc2ccccc21. The van der Waals surface area contributed by atoms with Crippen molar-refractivity contribution in [3.8, 4) is 0 Å². The van der Waals surface area contributed by atoms with Crippen LogP contribution < -0.4 is 5.32 Å². The molecule has 1 heterocycles. The minimum absolute atomic E-state index is 0.000323. The first-order valence-corrected chi connectivity index (χ1v) is 6.55. The van der Waals surface area contributed by atoms with E-state index in [0.29, 0.717) is 19.7 Å². The Kier molecular flexibility index (Phi) is 4.92. The first-order chi connectivity index (χ1) is 9.31. The van der Waals surface area contributed by atoms with Crippen molar-refractivity contribution in [2.24, 2.45) is 0 Å². The summed E-state index contributed by atoms with van der Waals surface area (Å²) in [4.78, 5) is 16.0. The molecule has 0 aliphatic carbocycles. The van der Waals surface area contributed by atoms with Gasteiger partial charge in [0.2, 0.25) is 5.91 Å². The first kappa shape index (κ1) is 13.5. The highest BCUT2D eigenvalue weighted by atomic mass is 16.5. The summed E-state index contributed by atoms with van der Waals surface area (Å²) in [6.45, 7) is 4.31. The van der Waals surface area contributed by atoms with Crippen LogP contribution in [0.25, 0.3) is 11.0 Å². The standard InChI is InChI=1S/C14H19N3O2/c1-2-19-9-5-8-15-14(18)10-17-11-16-12-6-3-4-7-13(12)17/h3-4,6-7,11H,2,5,8-10H2,1H3,(H,15,18). The maximum absolute atomic E-state index is 11.8. The van der Waals surface area contributed by atoms with Crippen molar-refractivity contribution in [3.05, 3.63) is 30.6 Å². The minimum Gasteiger partial charge on any atom is -0.382 e. The van der Waals surface area contributed by atoms with Gasteiger partial charge in [-0.1, -0.05) is 12.1 Å². The predicted molar refractivity (Wildman–Crippen MR) is 73.9 cm³/mol. The number of benzene rings is 1. The molecule has 0 unspecified atom stereocenters. The summed E-state index contributed by atoms with van der Waals surface area (Å²) in [6.07, 6.45) is 2.54. The normalized spacial score (nSPS) is 10.8. The molecule has 102 valence electrons. The average molecular weight is 261 g/mol. The van der Waals surface area contributed by atoms with E-state index < -0.39 is 0 Å². The molecule has 0 radical (unpaired) electrons. The van der Waals surface area contributed by atoms with Gasteiger partial charge in [-0.25, -0.2) is 4.98 Å². The minimum atomic E-state index is -0.000323. The van der Waals surface area contributed by atoms with Crippen LogP contribution in [0.1, 0.15) is 13.3 Å². The molecule has 19 heavy (non-hydrogen) atoms. The van der Waals surface area contributed by atoms with Crippen LogP contribution in [-0.4, -0.2) is 35.2 Å². The molecule has 2 aromatic rings. The Hall–Kier alpha value is -1.88. The highest BCUT2D eigenvalue weighted by Crippen LogP contribution is 2.11. The summed E-state index contributed by atoms with van der Waals surface area (Å²) in [5.41, 5.74) is 1.89. The van der Waals surface area contributed by atoms with Gasteiger partial charge in [-0.15, -0.1) is 0 Å². The first-order valence-electron chi connectivity index (χ1n) is 6.55.